The van der Waals surface area contributed by atoms with Crippen LogP contribution in [0.1, 0.15) is 44.7 Å². The second-order valence-electron chi connectivity index (χ2n) is 8.91. The van der Waals surface area contributed by atoms with E-state index in [2.05, 4.69) is 24.2 Å². The van der Waals surface area contributed by atoms with E-state index >= 15 is 0 Å². The maximum absolute atomic E-state index is 13.2. The number of hydrogen-bond acceptors (Lipinski definition) is 6. The van der Waals surface area contributed by atoms with Gasteiger partial charge in [0.15, 0.2) is 0 Å². The van der Waals surface area contributed by atoms with Crippen molar-refractivity contribution < 1.29 is 9.53 Å². The number of methoxy groups -OCH3 is 1. The minimum Gasteiger partial charge on any atom is -0.497 e. The van der Waals surface area contributed by atoms with Gasteiger partial charge in [0.1, 0.15) is 11.5 Å². The molecule has 2 aliphatic rings. The molecule has 1 unspecified atom stereocenters. The van der Waals surface area contributed by atoms with E-state index in [1.54, 1.807) is 19.2 Å². The Morgan fingerprint density at radius 1 is 1.09 bits per heavy atom. The SMILES string of the molecule is CCC(CC)N1CCN(NC(=O)C2=NN(c3ccc(Cl)cc3Cl)C(c3ccc(OC)cc3)C2)CC1. The number of nitrogens with one attached hydrogen (secondary N) is 1. The molecule has 2 aromatic carbocycles. The van der Waals surface area contributed by atoms with E-state index in [0.717, 1.165) is 50.3 Å². The Kier molecular flexibility index (Phi) is 8.55. The molecule has 2 heterocycles. The van der Waals surface area contributed by atoms with Crippen LogP contribution in [-0.4, -0.2) is 60.9 Å². The average Bonchev–Trinajstić information content (AvgIpc) is 3.31. The van der Waals surface area contributed by atoms with Crippen LogP contribution in [0.3, 0.4) is 0 Å². The van der Waals surface area contributed by atoms with Gasteiger partial charge in [0.25, 0.3) is 5.91 Å². The highest BCUT2D eigenvalue weighted by Crippen LogP contribution is 2.40. The number of nitrogens with zero attached hydrogens (tertiary/aromatic N) is 4. The largest absolute Gasteiger partial charge is 0.497 e. The Balaban J connectivity index is 1.50. The average molecular weight is 518 g/mol. The van der Waals surface area contributed by atoms with Crippen LogP contribution in [0.15, 0.2) is 47.6 Å². The smallest absolute Gasteiger partial charge is 0.281 e. The van der Waals surface area contributed by atoms with Crippen LogP contribution >= 0.6 is 23.2 Å². The van der Waals surface area contributed by atoms with Crippen LogP contribution in [0, 0.1) is 0 Å². The lowest BCUT2D eigenvalue weighted by molar-refractivity contribution is -0.120. The molecule has 1 fully saturated rings. The molecule has 1 N–H and O–H groups in total. The number of hydrazine groups is 1. The molecule has 0 saturated carbocycles. The van der Waals surface area contributed by atoms with Crippen LogP contribution in [0.25, 0.3) is 0 Å². The fraction of sp³-hybridized carbons (Fsp3) is 0.462. The van der Waals surface area contributed by atoms with Crippen LogP contribution in [0.2, 0.25) is 10.0 Å². The Labute approximate surface area is 217 Å². The Morgan fingerprint density at radius 2 is 1.77 bits per heavy atom. The van der Waals surface area contributed by atoms with Crippen molar-refractivity contribution >= 4 is 40.5 Å². The third kappa shape index (κ3) is 5.92. The van der Waals surface area contributed by atoms with Gasteiger partial charge in [-0.3, -0.25) is 20.1 Å². The maximum Gasteiger partial charge on any atom is 0.281 e. The maximum atomic E-state index is 13.2. The lowest BCUT2D eigenvalue weighted by Crippen LogP contribution is -2.56. The quantitative estimate of drug-likeness (QED) is 0.524. The number of amides is 1. The van der Waals surface area contributed by atoms with Gasteiger partial charge in [-0.05, 0) is 48.7 Å². The summed E-state index contributed by atoms with van der Waals surface area (Å²) in [7, 11) is 1.64. The number of benzene rings is 2. The lowest BCUT2D eigenvalue weighted by atomic mass is 10.0. The van der Waals surface area contributed by atoms with Gasteiger partial charge in [-0.2, -0.15) is 5.10 Å². The second kappa shape index (κ2) is 11.6. The molecule has 35 heavy (non-hydrogen) atoms. The van der Waals surface area contributed by atoms with Gasteiger partial charge in [0.2, 0.25) is 0 Å². The molecule has 0 radical (unpaired) electrons. The number of hydrogen-bond donors (Lipinski definition) is 1. The van der Waals surface area contributed by atoms with Gasteiger partial charge in [-0.15, -0.1) is 0 Å². The van der Waals surface area contributed by atoms with E-state index in [4.69, 9.17) is 33.0 Å². The Morgan fingerprint density at radius 3 is 2.37 bits per heavy atom. The van der Waals surface area contributed by atoms with Crippen molar-refractivity contribution in [2.75, 3.05) is 38.3 Å². The first-order chi connectivity index (χ1) is 16.9. The van der Waals surface area contributed by atoms with Gasteiger partial charge >= 0.3 is 0 Å². The monoisotopic (exact) mass is 517 g/mol. The fourth-order valence-electron chi connectivity index (χ4n) is 4.83. The highest BCUT2D eigenvalue weighted by molar-refractivity contribution is 6.40. The minimum absolute atomic E-state index is 0.174. The molecule has 9 heteroatoms. The summed E-state index contributed by atoms with van der Waals surface area (Å²) in [5.41, 5.74) is 5.27. The number of carbonyl (C=O) groups is 1. The van der Waals surface area contributed by atoms with E-state index in [1.165, 1.54) is 0 Å². The molecule has 0 spiro atoms. The molecule has 1 saturated heterocycles. The molecular weight excluding hydrogens is 485 g/mol. The Hall–Kier alpha value is -2.32. The first-order valence-corrected chi connectivity index (χ1v) is 12.9. The van der Waals surface area contributed by atoms with E-state index in [1.807, 2.05) is 40.3 Å². The zero-order chi connectivity index (χ0) is 24.9. The molecule has 4 rings (SSSR count). The number of rotatable bonds is 8. The predicted octanol–water partition coefficient (Wildman–Crippen LogP) is 5.15. The molecule has 1 atom stereocenters. The number of hydrazone groups is 1. The number of piperazine rings is 1. The molecular formula is C26H33Cl2N5O2. The van der Waals surface area contributed by atoms with E-state index < -0.39 is 0 Å². The van der Waals surface area contributed by atoms with Crippen molar-refractivity contribution in [3.05, 3.63) is 58.1 Å². The molecule has 0 bridgehead atoms. The summed E-state index contributed by atoms with van der Waals surface area (Å²) in [6, 6.07) is 13.5. The van der Waals surface area contributed by atoms with Crippen molar-refractivity contribution in [1.29, 1.82) is 0 Å². The molecule has 2 aliphatic heterocycles. The van der Waals surface area contributed by atoms with E-state index in [9.17, 15) is 4.79 Å². The lowest BCUT2D eigenvalue weighted by Gasteiger charge is -2.38. The second-order valence-corrected chi connectivity index (χ2v) is 9.76. The highest BCUT2D eigenvalue weighted by Gasteiger charge is 2.34. The van der Waals surface area contributed by atoms with Crippen molar-refractivity contribution in [2.24, 2.45) is 5.10 Å². The predicted molar refractivity (Wildman–Crippen MR) is 142 cm³/mol. The number of ether oxygens (including phenoxy) is 1. The summed E-state index contributed by atoms with van der Waals surface area (Å²) >= 11 is 12.6. The standard InChI is InChI=1S/C26H33Cl2N5O2/c1-4-20(5-2)31-12-14-32(15-13-31)30-26(34)23-17-25(18-6-9-21(35-3)10-7-18)33(29-23)24-11-8-19(27)16-22(24)28/h6-11,16,20,25H,4-5,12-15,17H2,1-3H3,(H,30,34). The molecule has 2 aromatic rings. The highest BCUT2D eigenvalue weighted by atomic mass is 35.5. The zero-order valence-electron chi connectivity index (χ0n) is 20.5. The topological polar surface area (TPSA) is 60.4 Å². The summed E-state index contributed by atoms with van der Waals surface area (Å²) in [5, 5.41) is 9.58. The fourth-order valence-corrected chi connectivity index (χ4v) is 5.33. The summed E-state index contributed by atoms with van der Waals surface area (Å²) in [6.45, 7) is 7.95. The summed E-state index contributed by atoms with van der Waals surface area (Å²) in [5.74, 6) is 0.598. The van der Waals surface area contributed by atoms with Crippen molar-refractivity contribution in [1.82, 2.24) is 15.3 Å². The van der Waals surface area contributed by atoms with Crippen LogP contribution in [-0.2, 0) is 4.79 Å². The minimum atomic E-state index is -0.174. The van der Waals surface area contributed by atoms with Crippen molar-refractivity contribution in [3.8, 4) is 5.75 Å². The first kappa shape index (κ1) is 25.8. The van der Waals surface area contributed by atoms with Gasteiger partial charge in [0, 0.05) is 43.7 Å². The van der Waals surface area contributed by atoms with E-state index in [0.29, 0.717) is 33.9 Å². The summed E-state index contributed by atoms with van der Waals surface area (Å²) in [6.07, 6.45) is 2.76. The third-order valence-corrected chi connectivity index (χ3v) is 7.40. The van der Waals surface area contributed by atoms with Crippen LogP contribution in [0.5, 0.6) is 5.75 Å². The normalized spacial score (nSPS) is 19.2. The van der Waals surface area contributed by atoms with Gasteiger partial charge in [0.05, 0.1) is 23.9 Å². The van der Waals surface area contributed by atoms with Gasteiger partial charge < -0.3 is 4.74 Å². The third-order valence-electron chi connectivity index (χ3n) is 6.86. The first-order valence-electron chi connectivity index (χ1n) is 12.2. The van der Waals surface area contributed by atoms with Gasteiger partial charge in [-0.1, -0.05) is 49.2 Å². The molecule has 0 aromatic heterocycles. The number of anilines is 1. The summed E-state index contributed by atoms with van der Waals surface area (Å²) < 4.78 is 5.30. The summed E-state index contributed by atoms with van der Waals surface area (Å²) in [4.78, 5) is 15.8. The zero-order valence-corrected chi connectivity index (χ0v) is 22.0. The number of carbonyl (C=O) groups excluding carboxylic acids is 1. The van der Waals surface area contributed by atoms with Crippen LogP contribution in [0.4, 0.5) is 5.69 Å². The van der Waals surface area contributed by atoms with E-state index in [-0.39, 0.29) is 11.9 Å². The molecule has 7 nitrogen and oxygen atoms in total. The van der Waals surface area contributed by atoms with Crippen molar-refractivity contribution in [3.63, 3.8) is 0 Å². The Bertz CT molecular complexity index is 1050. The van der Waals surface area contributed by atoms with Crippen LogP contribution < -0.4 is 15.2 Å². The van der Waals surface area contributed by atoms with Crippen molar-refractivity contribution in [2.45, 2.75) is 45.2 Å². The molecule has 0 aliphatic carbocycles. The molecule has 188 valence electrons. The number of halogens is 2. The molecule has 1 amide bonds. The van der Waals surface area contributed by atoms with Gasteiger partial charge in [-0.25, -0.2) is 5.01 Å².